The van der Waals surface area contributed by atoms with Crippen LogP contribution < -0.4 is 14.8 Å². The Morgan fingerprint density at radius 2 is 2.29 bits per heavy atom. The molecule has 1 aromatic carbocycles. The van der Waals surface area contributed by atoms with Gasteiger partial charge in [0.2, 0.25) is 5.88 Å². The fraction of sp³-hybridized carbons (Fsp3) is 0.333. The summed E-state index contributed by atoms with van der Waals surface area (Å²) in [5.74, 6) is 2.20. The Bertz CT molecular complexity index is 649. The van der Waals surface area contributed by atoms with Gasteiger partial charge in [0.05, 0.1) is 25.6 Å². The molecule has 0 spiro atoms. The molecule has 0 unspecified atom stereocenters. The van der Waals surface area contributed by atoms with E-state index in [1.807, 2.05) is 6.92 Å². The molecule has 0 bridgehead atoms. The van der Waals surface area contributed by atoms with Crippen LogP contribution in [0.3, 0.4) is 0 Å². The first-order valence-electron chi connectivity index (χ1n) is 6.89. The minimum Gasteiger partial charge on any atom is -0.493 e. The van der Waals surface area contributed by atoms with Gasteiger partial charge in [-0.15, -0.1) is 0 Å². The van der Waals surface area contributed by atoms with Gasteiger partial charge in [0.1, 0.15) is 11.6 Å². The van der Waals surface area contributed by atoms with Gasteiger partial charge in [-0.1, -0.05) is 15.9 Å². The predicted molar refractivity (Wildman–Crippen MR) is 83.9 cm³/mol. The van der Waals surface area contributed by atoms with Gasteiger partial charge < -0.3 is 14.8 Å². The van der Waals surface area contributed by atoms with Gasteiger partial charge in [-0.3, -0.25) is 4.98 Å². The van der Waals surface area contributed by atoms with Crippen LogP contribution in [0.15, 0.2) is 29.0 Å². The maximum atomic E-state index is 5.71. The van der Waals surface area contributed by atoms with Crippen LogP contribution in [0.25, 0.3) is 0 Å². The molecule has 1 N–H and O–H groups in total. The maximum Gasteiger partial charge on any atom is 0.234 e. The van der Waals surface area contributed by atoms with Crippen molar-refractivity contribution in [2.45, 2.75) is 19.9 Å². The highest BCUT2D eigenvalue weighted by Crippen LogP contribution is 2.33. The average Bonchev–Trinajstić information content (AvgIpc) is 2.93. The van der Waals surface area contributed by atoms with E-state index in [4.69, 9.17) is 9.47 Å². The highest BCUT2D eigenvalue weighted by molar-refractivity contribution is 9.10. The molecular weight excluding hydrogens is 334 g/mol. The first-order valence-corrected chi connectivity index (χ1v) is 7.68. The number of ether oxygens (including phenoxy) is 2. The van der Waals surface area contributed by atoms with Crippen molar-refractivity contribution in [3.8, 4) is 11.6 Å². The second kappa shape index (κ2) is 6.30. The number of nitrogens with one attached hydrogen (secondary N) is 1. The van der Waals surface area contributed by atoms with Crippen molar-refractivity contribution in [3.63, 3.8) is 0 Å². The van der Waals surface area contributed by atoms with Crippen molar-refractivity contribution in [1.82, 2.24) is 9.97 Å². The zero-order valence-corrected chi connectivity index (χ0v) is 13.3. The molecular formula is C15H16BrN3O2. The largest absolute Gasteiger partial charge is 0.493 e. The van der Waals surface area contributed by atoms with E-state index in [1.165, 1.54) is 5.56 Å². The SMILES string of the molecule is CCOc1cncc(NCc2cc(Br)cc3c2OCC3)n1. The minimum absolute atomic E-state index is 0.526. The first-order chi connectivity index (χ1) is 10.3. The van der Waals surface area contributed by atoms with Crippen molar-refractivity contribution < 1.29 is 9.47 Å². The molecule has 1 aliphatic rings. The fourth-order valence-corrected chi connectivity index (χ4v) is 2.87. The highest BCUT2D eigenvalue weighted by atomic mass is 79.9. The number of hydrogen-bond acceptors (Lipinski definition) is 5. The van der Waals surface area contributed by atoms with Crippen LogP contribution in [0.1, 0.15) is 18.1 Å². The lowest BCUT2D eigenvalue weighted by molar-refractivity contribution is 0.325. The smallest absolute Gasteiger partial charge is 0.234 e. The molecule has 2 aromatic rings. The van der Waals surface area contributed by atoms with Crippen LogP contribution in [0, 0.1) is 0 Å². The Balaban J connectivity index is 1.75. The van der Waals surface area contributed by atoms with Crippen LogP contribution in [-0.4, -0.2) is 23.2 Å². The molecule has 0 aliphatic carbocycles. The number of fused-ring (bicyclic) bond motifs is 1. The normalized spacial score (nSPS) is 12.7. The lowest BCUT2D eigenvalue weighted by Crippen LogP contribution is -2.05. The average molecular weight is 350 g/mol. The third kappa shape index (κ3) is 3.26. The van der Waals surface area contributed by atoms with Crippen LogP contribution in [0.4, 0.5) is 5.82 Å². The van der Waals surface area contributed by atoms with Crippen LogP contribution in [0.5, 0.6) is 11.6 Å². The Hall–Kier alpha value is -1.82. The Kier molecular flexibility index (Phi) is 4.24. The molecule has 1 aromatic heterocycles. The molecule has 0 fully saturated rings. The number of anilines is 1. The Morgan fingerprint density at radius 3 is 3.14 bits per heavy atom. The van der Waals surface area contributed by atoms with E-state index in [2.05, 4.69) is 43.3 Å². The monoisotopic (exact) mass is 349 g/mol. The lowest BCUT2D eigenvalue weighted by atomic mass is 10.1. The molecule has 6 heteroatoms. The summed E-state index contributed by atoms with van der Waals surface area (Å²) >= 11 is 3.54. The number of rotatable bonds is 5. The highest BCUT2D eigenvalue weighted by Gasteiger charge is 2.17. The summed E-state index contributed by atoms with van der Waals surface area (Å²) in [6.45, 7) is 3.87. The topological polar surface area (TPSA) is 56.3 Å². The number of benzene rings is 1. The van der Waals surface area contributed by atoms with E-state index in [0.29, 0.717) is 24.8 Å². The Morgan fingerprint density at radius 1 is 1.38 bits per heavy atom. The van der Waals surface area contributed by atoms with Gasteiger partial charge in [0.15, 0.2) is 0 Å². The summed E-state index contributed by atoms with van der Waals surface area (Å²) in [6.07, 6.45) is 4.25. The second-order valence-electron chi connectivity index (χ2n) is 4.68. The third-order valence-corrected chi connectivity index (χ3v) is 3.65. The van der Waals surface area contributed by atoms with Crippen LogP contribution in [-0.2, 0) is 13.0 Å². The number of aromatic nitrogens is 2. The van der Waals surface area contributed by atoms with E-state index in [0.717, 1.165) is 28.8 Å². The predicted octanol–water partition coefficient (Wildman–Crippen LogP) is 3.18. The maximum absolute atomic E-state index is 5.71. The lowest BCUT2D eigenvalue weighted by Gasteiger charge is -2.11. The van der Waals surface area contributed by atoms with Gasteiger partial charge in [-0.05, 0) is 24.6 Å². The summed E-state index contributed by atoms with van der Waals surface area (Å²) in [7, 11) is 0. The standard InChI is InChI=1S/C15H16BrN3O2/c1-2-20-14-9-17-8-13(19-14)18-7-11-6-12(16)5-10-3-4-21-15(10)11/h5-6,8-9H,2-4,7H2,1H3,(H,18,19). The molecule has 5 nitrogen and oxygen atoms in total. The van der Waals surface area contributed by atoms with Crippen molar-refractivity contribution in [3.05, 3.63) is 40.1 Å². The molecule has 0 amide bonds. The number of hydrogen-bond donors (Lipinski definition) is 1. The van der Waals surface area contributed by atoms with E-state index < -0.39 is 0 Å². The molecule has 0 atom stereocenters. The van der Waals surface area contributed by atoms with E-state index in [-0.39, 0.29) is 0 Å². The summed E-state index contributed by atoms with van der Waals surface area (Å²) in [6, 6.07) is 4.18. The quantitative estimate of drug-likeness (QED) is 0.898. The summed E-state index contributed by atoms with van der Waals surface area (Å²) < 4.78 is 12.1. The summed E-state index contributed by atoms with van der Waals surface area (Å²) in [5, 5.41) is 3.26. The molecule has 110 valence electrons. The van der Waals surface area contributed by atoms with Crippen molar-refractivity contribution in [2.24, 2.45) is 0 Å². The number of halogens is 1. The fourth-order valence-electron chi connectivity index (χ4n) is 2.31. The summed E-state index contributed by atoms with van der Waals surface area (Å²) in [5.41, 5.74) is 2.36. The van der Waals surface area contributed by atoms with Crippen molar-refractivity contribution in [1.29, 1.82) is 0 Å². The van der Waals surface area contributed by atoms with Gasteiger partial charge in [0.25, 0.3) is 0 Å². The molecule has 0 saturated heterocycles. The van der Waals surface area contributed by atoms with E-state index in [9.17, 15) is 0 Å². The molecule has 0 radical (unpaired) electrons. The molecule has 3 rings (SSSR count). The van der Waals surface area contributed by atoms with Gasteiger partial charge in [0, 0.05) is 23.0 Å². The first kappa shape index (κ1) is 14.1. The Labute approximate surface area is 131 Å². The number of nitrogens with zero attached hydrogens (tertiary/aromatic N) is 2. The molecule has 1 aliphatic heterocycles. The van der Waals surface area contributed by atoms with Crippen LogP contribution >= 0.6 is 15.9 Å². The van der Waals surface area contributed by atoms with E-state index in [1.54, 1.807) is 12.4 Å². The van der Waals surface area contributed by atoms with E-state index >= 15 is 0 Å². The van der Waals surface area contributed by atoms with Crippen LogP contribution in [0.2, 0.25) is 0 Å². The van der Waals surface area contributed by atoms with Gasteiger partial charge in [-0.2, -0.15) is 4.98 Å². The zero-order chi connectivity index (χ0) is 14.7. The third-order valence-electron chi connectivity index (χ3n) is 3.19. The van der Waals surface area contributed by atoms with Crippen molar-refractivity contribution in [2.75, 3.05) is 18.5 Å². The molecule has 21 heavy (non-hydrogen) atoms. The molecule has 0 saturated carbocycles. The van der Waals surface area contributed by atoms with Crippen molar-refractivity contribution >= 4 is 21.7 Å². The van der Waals surface area contributed by atoms with Gasteiger partial charge in [-0.25, -0.2) is 0 Å². The second-order valence-corrected chi connectivity index (χ2v) is 5.60. The minimum atomic E-state index is 0.526. The zero-order valence-electron chi connectivity index (χ0n) is 11.7. The molecule has 2 heterocycles. The summed E-state index contributed by atoms with van der Waals surface area (Å²) in [4.78, 5) is 8.46. The van der Waals surface area contributed by atoms with Gasteiger partial charge >= 0.3 is 0 Å².